The molecule has 0 aromatic heterocycles. The molecule has 0 spiro atoms. The molecule has 6 heteroatoms. The molecule has 166 valence electrons. The summed E-state index contributed by atoms with van der Waals surface area (Å²) in [4.78, 5) is 29.2. The summed E-state index contributed by atoms with van der Waals surface area (Å²) in [6, 6.07) is 13.9. The lowest BCUT2D eigenvalue weighted by Crippen LogP contribution is -2.38. The maximum Gasteiger partial charge on any atom is 0.238 e. The maximum atomic E-state index is 12.7. The first-order chi connectivity index (χ1) is 14.9. The van der Waals surface area contributed by atoms with Gasteiger partial charge in [-0.15, -0.1) is 0 Å². The summed E-state index contributed by atoms with van der Waals surface area (Å²) in [5.41, 5.74) is 4.24. The van der Waals surface area contributed by atoms with Gasteiger partial charge < -0.3 is 15.0 Å². The Kier molecular flexibility index (Phi) is 8.06. The molecule has 0 bridgehead atoms. The van der Waals surface area contributed by atoms with Gasteiger partial charge in [0, 0.05) is 38.3 Å². The molecule has 0 saturated carbocycles. The third kappa shape index (κ3) is 7.10. The fraction of sp³-hybridized carbons (Fsp3) is 0.440. The van der Waals surface area contributed by atoms with Crippen molar-refractivity contribution in [2.24, 2.45) is 0 Å². The van der Waals surface area contributed by atoms with E-state index in [9.17, 15) is 9.59 Å². The Hall–Kier alpha value is -2.86. The van der Waals surface area contributed by atoms with Crippen LogP contribution in [-0.2, 0) is 16.0 Å². The molecular weight excluding hydrogens is 390 g/mol. The summed E-state index contributed by atoms with van der Waals surface area (Å²) in [5, 5.41) is 3.00. The summed E-state index contributed by atoms with van der Waals surface area (Å²) in [6.45, 7) is 7.35. The molecule has 1 aliphatic rings. The molecule has 2 amide bonds. The number of anilines is 1. The van der Waals surface area contributed by atoms with Crippen molar-refractivity contribution in [2.75, 3.05) is 45.2 Å². The van der Waals surface area contributed by atoms with Crippen LogP contribution in [-0.4, -0.2) is 61.4 Å². The van der Waals surface area contributed by atoms with Gasteiger partial charge in [-0.3, -0.25) is 14.5 Å². The van der Waals surface area contributed by atoms with E-state index in [0.29, 0.717) is 26.1 Å². The molecule has 3 rings (SSSR count). The van der Waals surface area contributed by atoms with E-state index in [2.05, 4.69) is 16.3 Å². The zero-order chi connectivity index (χ0) is 22.2. The van der Waals surface area contributed by atoms with Gasteiger partial charge in [-0.25, -0.2) is 0 Å². The normalized spacial score (nSPS) is 14.7. The Balaban J connectivity index is 1.44. The number of benzene rings is 2. The summed E-state index contributed by atoms with van der Waals surface area (Å²) in [6.07, 6.45) is 2.10. The highest BCUT2D eigenvalue weighted by atomic mass is 16.5. The molecule has 0 aliphatic carbocycles. The number of ether oxygens (including phenoxy) is 1. The van der Waals surface area contributed by atoms with E-state index in [-0.39, 0.29) is 11.8 Å². The van der Waals surface area contributed by atoms with Gasteiger partial charge in [0.1, 0.15) is 5.75 Å². The van der Waals surface area contributed by atoms with Crippen molar-refractivity contribution in [3.8, 4) is 5.75 Å². The van der Waals surface area contributed by atoms with Crippen LogP contribution in [0.25, 0.3) is 0 Å². The number of amides is 2. The van der Waals surface area contributed by atoms with Gasteiger partial charge in [-0.05, 0) is 67.6 Å². The molecule has 0 atom stereocenters. The number of rotatable bonds is 7. The third-order valence-electron chi connectivity index (χ3n) is 5.60. The molecule has 6 nitrogen and oxygen atoms in total. The SMILES string of the molecule is COc1ccc(CCC(=O)N2CCCN(CC(=O)Nc3cc(C)cc(C)c3)CC2)cc1. The summed E-state index contributed by atoms with van der Waals surface area (Å²) >= 11 is 0. The Bertz CT molecular complexity index is 875. The third-order valence-corrected chi connectivity index (χ3v) is 5.60. The van der Waals surface area contributed by atoms with Gasteiger partial charge in [0.15, 0.2) is 0 Å². The first-order valence-corrected chi connectivity index (χ1v) is 10.9. The second-order valence-electron chi connectivity index (χ2n) is 8.28. The zero-order valence-electron chi connectivity index (χ0n) is 18.8. The van der Waals surface area contributed by atoms with E-state index in [0.717, 1.165) is 54.1 Å². The highest BCUT2D eigenvalue weighted by Gasteiger charge is 2.20. The van der Waals surface area contributed by atoms with Crippen molar-refractivity contribution < 1.29 is 14.3 Å². The highest BCUT2D eigenvalue weighted by molar-refractivity contribution is 5.92. The van der Waals surface area contributed by atoms with Crippen LogP contribution in [0, 0.1) is 13.8 Å². The van der Waals surface area contributed by atoms with Crippen LogP contribution in [0.3, 0.4) is 0 Å². The fourth-order valence-corrected chi connectivity index (χ4v) is 4.03. The lowest BCUT2D eigenvalue weighted by Gasteiger charge is -2.22. The molecule has 1 aliphatic heterocycles. The minimum Gasteiger partial charge on any atom is -0.497 e. The minimum absolute atomic E-state index is 0.00992. The Labute approximate surface area is 185 Å². The van der Waals surface area contributed by atoms with Crippen molar-refractivity contribution in [2.45, 2.75) is 33.1 Å². The lowest BCUT2D eigenvalue weighted by atomic mass is 10.1. The van der Waals surface area contributed by atoms with Gasteiger partial charge in [0.25, 0.3) is 0 Å². The van der Waals surface area contributed by atoms with Crippen molar-refractivity contribution >= 4 is 17.5 Å². The Morgan fingerprint density at radius 1 is 0.968 bits per heavy atom. The Morgan fingerprint density at radius 3 is 2.35 bits per heavy atom. The monoisotopic (exact) mass is 423 g/mol. The topological polar surface area (TPSA) is 61.9 Å². The fourth-order valence-electron chi connectivity index (χ4n) is 4.03. The average molecular weight is 424 g/mol. The van der Waals surface area contributed by atoms with Gasteiger partial charge in [0.2, 0.25) is 11.8 Å². The van der Waals surface area contributed by atoms with Gasteiger partial charge in [0.05, 0.1) is 13.7 Å². The number of nitrogens with zero attached hydrogens (tertiary/aromatic N) is 2. The van der Waals surface area contributed by atoms with Gasteiger partial charge >= 0.3 is 0 Å². The first-order valence-electron chi connectivity index (χ1n) is 10.9. The first kappa shape index (κ1) is 22.8. The van der Waals surface area contributed by atoms with E-state index in [1.54, 1.807) is 7.11 Å². The predicted molar refractivity (Wildman–Crippen MR) is 123 cm³/mol. The van der Waals surface area contributed by atoms with Gasteiger partial charge in [-0.2, -0.15) is 0 Å². The minimum atomic E-state index is -0.00992. The standard InChI is InChI=1S/C25H33N3O3/c1-19-15-20(2)17-22(16-19)26-24(29)18-27-11-4-12-28(14-13-27)25(30)10-7-21-5-8-23(31-3)9-6-21/h5-6,8-9,15-17H,4,7,10-14,18H2,1-3H3,(H,26,29). The van der Waals surface area contributed by atoms with Crippen LogP contribution in [0.4, 0.5) is 5.69 Å². The zero-order valence-corrected chi connectivity index (χ0v) is 18.8. The van der Waals surface area contributed by atoms with Crippen molar-refractivity contribution in [1.29, 1.82) is 0 Å². The number of hydrogen-bond donors (Lipinski definition) is 1. The van der Waals surface area contributed by atoms with Crippen LogP contribution in [0.15, 0.2) is 42.5 Å². The second kappa shape index (κ2) is 11.0. The van der Waals surface area contributed by atoms with E-state index < -0.39 is 0 Å². The molecular formula is C25H33N3O3. The van der Waals surface area contributed by atoms with Crippen LogP contribution >= 0.6 is 0 Å². The molecule has 1 N–H and O–H groups in total. The van der Waals surface area contributed by atoms with E-state index >= 15 is 0 Å². The quantitative estimate of drug-likeness (QED) is 0.741. The largest absolute Gasteiger partial charge is 0.497 e. The molecule has 31 heavy (non-hydrogen) atoms. The molecule has 2 aromatic carbocycles. The summed E-state index contributed by atoms with van der Waals surface area (Å²) in [5.74, 6) is 0.992. The number of methoxy groups -OCH3 is 1. The van der Waals surface area contributed by atoms with Crippen LogP contribution in [0.2, 0.25) is 0 Å². The molecule has 0 unspecified atom stereocenters. The number of hydrogen-bond acceptors (Lipinski definition) is 4. The van der Waals surface area contributed by atoms with Crippen molar-refractivity contribution in [3.63, 3.8) is 0 Å². The number of aryl methyl sites for hydroxylation is 3. The molecule has 1 fully saturated rings. The Morgan fingerprint density at radius 2 is 1.68 bits per heavy atom. The highest BCUT2D eigenvalue weighted by Crippen LogP contribution is 2.15. The molecule has 0 radical (unpaired) electrons. The molecule has 1 heterocycles. The van der Waals surface area contributed by atoms with E-state index in [1.807, 2.05) is 55.1 Å². The number of nitrogens with one attached hydrogen (secondary N) is 1. The van der Waals surface area contributed by atoms with E-state index in [1.165, 1.54) is 0 Å². The molecule has 1 saturated heterocycles. The van der Waals surface area contributed by atoms with Crippen LogP contribution < -0.4 is 10.1 Å². The average Bonchev–Trinajstić information content (AvgIpc) is 2.97. The second-order valence-corrected chi connectivity index (χ2v) is 8.28. The number of carbonyl (C=O) groups excluding carboxylic acids is 2. The predicted octanol–water partition coefficient (Wildman–Crippen LogP) is 3.42. The summed E-state index contributed by atoms with van der Waals surface area (Å²) < 4.78 is 5.18. The molecule has 2 aromatic rings. The lowest BCUT2D eigenvalue weighted by molar-refractivity contribution is -0.131. The number of carbonyl (C=O) groups is 2. The smallest absolute Gasteiger partial charge is 0.238 e. The van der Waals surface area contributed by atoms with Crippen LogP contribution in [0.1, 0.15) is 29.5 Å². The maximum absolute atomic E-state index is 12.7. The van der Waals surface area contributed by atoms with E-state index in [4.69, 9.17) is 4.74 Å². The van der Waals surface area contributed by atoms with Crippen LogP contribution in [0.5, 0.6) is 5.75 Å². The summed E-state index contributed by atoms with van der Waals surface area (Å²) in [7, 11) is 1.65. The van der Waals surface area contributed by atoms with Crippen molar-refractivity contribution in [3.05, 3.63) is 59.2 Å². The van der Waals surface area contributed by atoms with Gasteiger partial charge in [-0.1, -0.05) is 18.2 Å². The van der Waals surface area contributed by atoms with Crippen molar-refractivity contribution in [1.82, 2.24) is 9.80 Å².